The van der Waals surface area contributed by atoms with Gasteiger partial charge in [0.25, 0.3) is 0 Å². The molecule has 43 heavy (non-hydrogen) atoms. The molecule has 7 aromatic rings. The molecule has 0 unspecified atom stereocenters. The number of ether oxygens (including phenoxy) is 1. The Morgan fingerprint density at radius 1 is 0.605 bits per heavy atom. The molecule has 6 aromatic carbocycles. The fraction of sp³-hybridized carbons (Fsp3) is 0.122. The zero-order chi connectivity index (χ0) is 29.2. The van der Waals surface area contributed by atoms with Crippen molar-refractivity contribution >= 4 is 38.7 Å². The second-order valence-corrected chi connectivity index (χ2v) is 12.6. The van der Waals surface area contributed by atoms with E-state index < -0.39 is 5.60 Å². The van der Waals surface area contributed by atoms with Crippen LogP contribution in [0.2, 0.25) is 0 Å². The van der Waals surface area contributed by atoms with E-state index in [9.17, 15) is 0 Å². The summed E-state index contributed by atoms with van der Waals surface area (Å²) in [5.41, 5.74) is 7.43. The zero-order valence-corrected chi connectivity index (χ0v) is 24.7. The van der Waals surface area contributed by atoms with Gasteiger partial charge in [-0.1, -0.05) is 136 Å². The number of benzene rings is 6. The Bertz CT molecular complexity index is 2140. The highest BCUT2D eigenvalue weighted by molar-refractivity contribution is 6.25. The minimum absolute atomic E-state index is 0.0366. The van der Waals surface area contributed by atoms with Crippen LogP contribution in [0.15, 0.2) is 140 Å². The molecule has 0 radical (unpaired) electrons. The molecule has 0 saturated heterocycles. The van der Waals surface area contributed by atoms with Gasteiger partial charge in [-0.2, -0.15) is 0 Å². The fourth-order valence-corrected chi connectivity index (χ4v) is 6.81. The maximum absolute atomic E-state index is 7.38. The van der Waals surface area contributed by atoms with Crippen LogP contribution in [0.4, 0.5) is 0 Å². The first-order valence-electron chi connectivity index (χ1n) is 15.0. The minimum atomic E-state index is -0.755. The van der Waals surface area contributed by atoms with Crippen molar-refractivity contribution < 1.29 is 4.74 Å². The van der Waals surface area contributed by atoms with E-state index in [1.54, 1.807) is 0 Å². The third kappa shape index (κ3) is 3.87. The molecule has 0 bridgehead atoms. The standard InChI is InChI=1S/C41H33NO/c1-40(2,3)30-19-14-20-31(27-30)42-36-24-13-12-23-34(36)37-32-21-10-11-22-33(32)39-35(38(37)42)25-26-41(43-39,28-15-6-4-7-16-28)29-17-8-5-9-18-29/h4-27H,1-3H3. The summed E-state index contributed by atoms with van der Waals surface area (Å²) in [5, 5.41) is 4.82. The molecule has 0 amide bonds. The molecule has 1 aliphatic rings. The van der Waals surface area contributed by atoms with Gasteiger partial charge in [-0.15, -0.1) is 0 Å². The molecular weight excluding hydrogens is 522 g/mol. The predicted octanol–water partition coefficient (Wildman–Crippen LogP) is 10.6. The number of nitrogens with zero attached hydrogens (tertiary/aromatic N) is 1. The molecule has 208 valence electrons. The van der Waals surface area contributed by atoms with Crippen LogP contribution in [0, 0.1) is 0 Å². The maximum Gasteiger partial charge on any atom is 0.178 e. The van der Waals surface area contributed by atoms with Crippen molar-refractivity contribution in [3.63, 3.8) is 0 Å². The monoisotopic (exact) mass is 555 g/mol. The summed E-state index contributed by atoms with van der Waals surface area (Å²) in [6.07, 6.45) is 4.55. The number of fused-ring (bicyclic) bond motifs is 8. The first-order valence-corrected chi connectivity index (χ1v) is 15.0. The third-order valence-corrected chi connectivity index (χ3v) is 8.94. The molecule has 0 atom stereocenters. The van der Waals surface area contributed by atoms with Gasteiger partial charge in [0.15, 0.2) is 5.60 Å². The highest BCUT2D eigenvalue weighted by Gasteiger charge is 2.39. The van der Waals surface area contributed by atoms with Crippen LogP contribution < -0.4 is 4.74 Å². The van der Waals surface area contributed by atoms with Crippen LogP contribution >= 0.6 is 0 Å². The fourth-order valence-electron chi connectivity index (χ4n) is 6.81. The summed E-state index contributed by atoms with van der Waals surface area (Å²) >= 11 is 0. The van der Waals surface area contributed by atoms with Gasteiger partial charge in [0.05, 0.1) is 11.0 Å². The normalized spacial score (nSPS) is 14.2. The van der Waals surface area contributed by atoms with Crippen molar-refractivity contribution in [2.24, 2.45) is 0 Å². The van der Waals surface area contributed by atoms with Gasteiger partial charge in [0.1, 0.15) is 5.75 Å². The SMILES string of the molecule is CC(C)(C)c1cccc(-n2c3ccccc3c3c4ccccc4c4c(c32)C=CC(c2ccccc2)(c2ccccc2)O4)c1. The summed E-state index contributed by atoms with van der Waals surface area (Å²) in [6, 6.07) is 47.6. The maximum atomic E-state index is 7.38. The molecule has 0 aliphatic carbocycles. The van der Waals surface area contributed by atoms with Crippen LogP contribution in [0.25, 0.3) is 44.3 Å². The van der Waals surface area contributed by atoms with Crippen LogP contribution in [0.1, 0.15) is 43.0 Å². The van der Waals surface area contributed by atoms with Crippen LogP contribution in [0.5, 0.6) is 5.75 Å². The smallest absolute Gasteiger partial charge is 0.178 e. The second-order valence-electron chi connectivity index (χ2n) is 12.6. The van der Waals surface area contributed by atoms with E-state index in [-0.39, 0.29) is 5.41 Å². The molecule has 2 heterocycles. The quantitative estimate of drug-likeness (QED) is 0.211. The highest BCUT2D eigenvalue weighted by Crippen LogP contribution is 2.50. The van der Waals surface area contributed by atoms with E-state index >= 15 is 0 Å². The van der Waals surface area contributed by atoms with E-state index in [4.69, 9.17) is 4.74 Å². The van der Waals surface area contributed by atoms with Crippen molar-refractivity contribution in [2.75, 3.05) is 0 Å². The van der Waals surface area contributed by atoms with E-state index in [1.165, 1.54) is 32.8 Å². The molecule has 0 fully saturated rings. The van der Waals surface area contributed by atoms with Crippen molar-refractivity contribution in [1.82, 2.24) is 4.57 Å². The van der Waals surface area contributed by atoms with Gasteiger partial charge < -0.3 is 9.30 Å². The molecule has 8 rings (SSSR count). The van der Waals surface area contributed by atoms with Crippen LogP contribution in [-0.4, -0.2) is 4.57 Å². The summed E-state index contributed by atoms with van der Waals surface area (Å²) in [7, 11) is 0. The van der Waals surface area contributed by atoms with E-state index in [0.717, 1.165) is 33.5 Å². The van der Waals surface area contributed by atoms with Crippen molar-refractivity contribution in [3.8, 4) is 11.4 Å². The Morgan fingerprint density at radius 2 is 1.21 bits per heavy atom. The summed E-state index contributed by atoms with van der Waals surface area (Å²) in [5.74, 6) is 0.911. The summed E-state index contributed by atoms with van der Waals surface area (Å²) in [6.45, 7) is 6.82. The van der Waals surface area contributed by atoms with Gasteiger partial charge >= 0.3 is 0 Å². The lowest BCUT2D eigenvalue weighted by atomic mass is 9.83. The Kier molecular flexibility index (Phi) is 5.64. The van der Waals surface area contributed by atoms with Crippen molar-refractivity contribution in [3.05, 3.63) is 162 Å². The molecule has 2 nitrogen and oxygen atoms in total. The van der Waals surface area contributed by atoms with Crippen LogP contribution in [-0.2, 0) is 11.0 Å². The van der Waals surface area contributed by atoms with Gasteiger partial charge in [-0.05, 0) is 46.7 Å². The molecule has 2 heteroatoms. The molecule has 1 aliphatic heterocycles. The van der Waals surface area contributed by atoms with Gasteiger partial charge in [0, 0.05) is 38.5 Å². The Balaban J connectivity index is 1.51. The molecular formula is C41H33NO. The molecule has 0 saturated carbocycles. The Morgan fingerprint density at radius 3 is 1.88 bits per heavy atom. The molecule has 1 aromatic heterocycles. The Hall–Kier alpha value is -5.08. The predicted molar refractivity (Wildman–Crippen MR) is 180 cm³/mol. The first kappa shape index (κ1) is 25.6. The second kappa shape index (κ2) is 9.47. The molecule has 0 N–H and O–H groups in total. The lowest BCUT2D eigenvalue weighted by molar-refractivity contribution is 0.164. The van der Waals surface area contributed by atoms with E-state index in [0.29, 0.717) is 0 Å². The van der Waals surface area contributed by atoms with Gasteiger partial charge in [-0.3, -0.25) is 0 Å². The number of para-hydroxylation sites is 1. The largest absolute Gasteiger partial charge is 0.472 e. The van der Waals surface area contributed by atoms with Crippen molar-refractivity contribution in [1.29, 1.82) is 0 Å². The van der Waals surface area contributed by atoms with Crippen LogP contribution in [0.3, 0.4) is 0 Å². The Labute approximate surface area is 252 Å². The minimum Gasteiger partial charge on any atom is -0.472 e. The van der Waals surface area contributed by atoms with E-state index in [2.05, 4.69) is 171 Å². The molecule has 0 spiro atoms. The average Bonchev–Trinajstić information content (AvgIpc) is 3.41. The zero-order valence-electron chi connectivity index (χ0n) is 24.7. The average molecular weight is 556 g/mol. The number of aromatic nitrogens is 1. The summed E-state index contributed by atoms with van der Waals surface area (Å²) in [4.78, 5) is 0. The topological polar surface area (TPSA) is 14.2 Å². The number of rotatable bonds is 3. The summed E-state index contributed by atoms with van der Waals surface area (Å²) < 4.78 is 9.82. The van der Waals surface area contributed by atoms with E-state index in [1.807, 2.05) is 0 Å². The number of hydrogen-bond donors (Lipinski definition) is 0. The lowest BCUT2D eigenvalue weighted by Gasteiger charge is -2.37. The highest BCUT2D eigenvalue weighted by atomic mass is 16.5. The number of hydrogen-bond acceptors (Lipinski definition) is 1. The third-order valence-electron chi connectivity index (χ3n) is 8.94. The lowest BCUT2D eigenvalue weighted by Crippen LogP contribution is -2.34. The first-order chi connectivity index (χ1) is 21.0. The van der Waals surface area contributed by atoms with Gasteiger partial charge in [-0.25, -0.2) is 0 Å². The van der Waals surface area contributed by atoms with Crippen molar-refractivity contribution in [2.45, 2.75) is 31.8 Å². The van der Waals surface area contributed by atoms with Gasteiger partial charge in [0.2, 0.25) is 0 Å².